The van der Waals surface area contributed by atoms with Crippen molar-refractivity contribution >= 4 is 18.3 Å². The smallest absolute Gasteiger partial charge is 0 e. The Morgan fingerprint density at radius 1 is 1.00 bits per heavy atom. The van der Waals surface area contributed by atoms with E-state index in [4.69, 9.17) is 0 Å². The summed E-state index contributed by atoms with van der Waals surface area (Å²) in [6, 6.07) is 0. The van der Waals surface area contributed by atoms with Crippen LogP contribution in [0.1, 0.15) is 0 Å². The fourth-order valence-corrected chi connectivity index (χ4v) is 0. The molecule has 0 heterocycles. The van der Waals surface area contributed by atoms with Crippen LogP contribution in [0.4, 0.5) is 0 Å². The molecule has 0 aliphatic rings. The molecule has 6 heteroatoms. The van der Waals surface area contributed by atoms with Crippen molar-refractivity contribution in [1.29, 1.82) is 0 Å². The summed E-state index contributed by atoms with van der Waals surface area (Å²) < 4.78 is 0. The Morgan fingerprint density at radius 3 is 1.00 bits per heavy atom. The predicted octanol–water partition coefficient (Wildman–Crippen LogP) is 0.470. The molecule has 0 amide bonds. The topological polar surface area (TPSA) is 0 Å². The summed E-state index contributed by atoms with van der Waals surface area (Å²) in [4.78, 5) is 0. The Kier molecular flexibility index (Phi) is 501. The third-order valence-electron chi connectivity index (χ3n) is 0. The van der Waals surface area contributed by atoms with E-state index in [9.17, 15) is 0 Å². The van der Waals surface area contributed by atoms with Crippen LogP contribution in [-0.2, 0) is 75.4 Å². The maximum absolute atomic E-state index is 0. The van der Waals surface area contributed by atoms with Crippen LogP contribution in [0.5, 0.6) is 0 Å². The molecule has 7 radical (unpaired) electrons. The average Bonchev–Trinajstić information content (AvgIpc) is 0. The first-order chi connectivity index (χ1) is 0. The fourth-order valence-electron chi connectivity index (χ4n) is 0. The SMILES string of the molecule is [B].[Co].[Mo].[Ni].[P].[W]. The zero-order valence-electron chi connectivity index (χ0n) is 2.49. The van der Waals surface area contributed by atoms with E-state index >= 15 is 0 Å². The van der Waals surface area contributed by atoms with Gasteiger partial charge in [0.25, 0.3) is 0 Å². The van der Waals surface area contributed by atoms with Gasteiger partial charge in [0.2, 0.25) is 0 Å². The third-order valence-corrected chi connectivity index (χ3v) is 0. The van der Waals surface area contributed by atoms with Gasteiger partial charge in [0.1, 0.15) is 0 Å². The van der Waals surface area contributed by atoms with Gasteiger partial charge in [0.15, 0.2) is 0 Å². The van der Waals surface area contributed by atoms with Crippen molar-refractivity contribution in [3.8, 4) is 0 Å². The van der Waals surface area contributed by atoms with Crippen LogP contribution in [0.15, 0.2) is 0 Å². The van der Waals surface area contributed by atoms with E-state index in [0.29, 0.717) is 0 Å². The van der Waals surface area contributed by atoms with E-state index in [1.165, 1.54) is 0 Å². The zero-order valence-corrected chi connectivity index (χ0v) is 10.4. The molecule has 0 fully saturated rings. The van der Waals surface area contributed by atoms with Gasteiger partial charge in [-0.2, -0.15) is 0 Å². The molecule has 0 rings (SSSR count). The Morgan fingerprint density at radius 2 is 1.00 bits per heavy atom. The third kappa shape index (κ3) is 28.7. The second-order valence-electron chi connectivity index (χ2n) is 0. The number of hydrogen-bond donors (Lipinski definition) is 0. The van der Waals surface area contributed by atoms with E-state index in [2.05, 4.69) is 0 Å². The first kappa shape index (κ1) is 66.7. The van der Waals surface area contributed by atoms with Crippen LogP contribution in [0.2, 0.25) is 0 Å². The van der Waals surface area contributed by atoms with Crippen molar-refractivity contribution in [1.82, 2.24) is 0 Å². The molecule has 0 aromatic heterocycles. The van der Waals surface area contributed by atoms with Gasteiger partial charge in [0.05, 0.1) is 0 Å². The Balaban J connectivity index is 0. The van der Waals surface area contributed by atoms with Crippen molar-refractivity contribution in [2.45, 2.75) is 0 Å². The molecule has 0 atom stereocenters. The summed E-state index contributed by atoms with van der Waals surface area (Å²) in [6.07, 6.45) is 0. The molecular weight excluding hydrogens is 439 g/mol. The molecule has 0 aromatic rings. The van der Waals surface area contributed by atoms with E-state index in [1.807, 2.05) is 0 Å². The molecule has 0 saturated heterocycles. The summed E-state index contributed by atoms with van der Waals surface area (Å²) in [5.74, 6) is 0. The van der Waals surface area contributed by atoms with E-state index in [1.54, 1.807) is 0 Å². The maximum Gasteiger partial charge on any atom is 0 e. The van der Waals surface area contributed by atoms with Crippen LogP contribution < -0.4 is 0 Å². The molecule has 0 aliphatic heterocycles. The van der Waals surface area contributed by atoms with Crippen molar-refractivity contribution in [2.24, 2.45) is 0 Å². The second-order valence-corrected chi connectivity index (χ2v) is 0. The number of hydrogen-bond acceptors (Lipinski definition) is 0. The first-order valence-corrected chi connectivity index (χ1v) is 0. The summed E-state index contributed by atoms with van der Waals surface area (Å²) in [5, 5.41) is 0. The van der Waals surface area contributed by atoms with Crippen LogP contribution >= 0.6 is 9.90 Å². The normalized spacial score (nSPS) is 0. The molecule has 6 heavy (non-hydrogen) atoms. The molecule has 0 unspecified atom stereocenters. The van der Waals surface area contributed by atoms with Gasteiger partial charge in [-0.25, -0.2) is 0 Å². The van der Waals surface area contributed by atoms with E-state index in [0.717, 1.165) is 0 Å². The van der Waals surface area contributed by atoms with Crippen LogP contribution in [0, 0.1) is 0 Å². The maximum atomic E-state index is 0. The van der Waals surface area contributed by atoms with Crippen molar-refractivity contribution in [3.05, 3.63) is 0 Å². The summed E-state index contributed by atoms with van der Waals surface area (Å²) in [6.45, 7) is 0. The fraction of sp³-hybridized carbons (Fsp3) is 0. The molecule has 0 aliphatic carbocycles. The van der Waals surface area contributed by atoms with Gasteiger partial charge >= 0.3 is 0 Å². The summed E-state index contributed by atoms with van der Waals surface area (Å²) in [5.41, 5.74) is 0. The van der Waals surface area contributed by atoms with E-state index < -0.39 is 0 Å². The quantitative estimate of drug-likeness (QED) is 0.381. The van der Waals surface area contributed by atoms with Gasteiger partial charge in [0, 0.05) is 93.7 Å². The molecule has 39 valence electrons. The van der Waals surface area contributed by atoms with Crippen LogP contribution in [-0.4, -0.2) is 8.41 Å². The molecule has 0 saturated carbocycles. The van der Waals surface area contributed by atoms with Gasteiger partial charge in [-0.1, -0.05) is 0 Å². The minimum absolute atomic E-state index is 0. The molecule has 0 nitrogen and oxygen atoms in total. The Bertz CT molecular complexity index is 15.5. The molecule has 0 spiro atoms. The second kappa shape index (κ2) is 45.1. The van der Waals surface area contributed by atoms with Crippen LogP contribution in [0.25, 0.3) is 0 Å². The van der Waals surface area contributed by atoms with Crippen molar-refractivity contribution < 1.29 is 75.4 Å². The van der Waals surface area contributed by atoms with Gasteiger partial charge in [-0.05, 0) is 0 Å². The van der Waals surface area contributed by atoms with Gasteiger partial charge < -0.3 is 0 Å². The first-order valence-electron chi connectivity index (χ1n) is 0. The van der Waals surface area contributed by atoms with E-state index in [-0.39, 0.29) is 93.7 Å². The Hall–Kier alpha value is 2.87. The predicted molar refractivity (Wildman–Crippen MR) is 12.7 cm³/mol. The minimum Gasteiger partial charge on any atom is 0 e. The Labute approximate surface area is 92.6 Å². The molecular formula is BCoMoNiPW. The van der Waals surface area contributed by atoms with Crippen molar-refractivity contribution in [2.75, 3.05) is 0 Å². The molecule has 0 aromatic carbocycles. The average molecular weight is 439 g/mol. The molecule has 0 N–H and O–H groups in total. The minimum atomic E-state index is 0. The van der Waals surface area contributed by atoms with Crippen molar-refractivity contribution in [3.63, 3.8) is 0 Å². The standard InChI is InChI=1S/B.Co.Mo.Ni.P.W. The largest absolute Gasteiger partial charge is 0 e. The zero-order chi connectivity index (χ0) is 0. The monoisotopic (exact) mass is 441 g/mol. The van der Waals surface area contributed by atoms with Gasteiger partial charge in [-0.3, -0.25) is 0 Å². The number of rotatable bonds is 0. The summed E-state index contributed by atoms with van der Waals surface area (Å²) in [7, 11) is 0. The summed E-state index contributed by atoms with van der Waals surface area (Å²) >= 11 is 0. The molecule has 0 bridgehead atoms. The van der Waals surface area contributed by atoms with Gasteiger partial charge in [-0.15, -0.1) is 0 Å². The van der Waals surface area contributed by atoms with Crippen LogP contribution in [0.3, 0.4) is 0 Å².